The van der Waals surface area contributed by atoms with Crippen molar-refractivity contribution in [2.75, 3.05) is 26.7 Å². The standard InChI is InChI=1S/C8H16N2/c1-3-10-5-7-4-8(6-10)9(7)2/h7-8H,3-6H2,1-2H3. The summed E-state index contributed by atoms with van der Waals surface area (Å²) in [6, 6.07) is 1.78. The molecule has 3 aliphatic heterocycles. The Morgan fingerprint density at radius 1 is 1.30 bits per heavy atom. The van der Waals surface area contributed by atoms with Crippen molar-refractivity contribution in [1.82, 2.24) is 9.80 Å². The van der Waals surface area contributed by atoms with E-state index in [2.05, 4.69) is 23.8 Å². The van der Waals surface area contributed by atoms with Gasteiger partial charge in [-0.15, -0.1) is 0 Å². The van der Waals surface area contributed by atoms with E-state index in [1.54, 1.807) is 0 Å². The van der Waals surface area contributed by atoms with Gasteiger partial charge < -0.3 is 4.90 Å². The van der Waals surface area contributed by atoms with Crippen LogP contribution in [0.1, 0.15) is 13.3 Å². The molecule has 0 spiro atoms. The van der Waals surface area contributed by atoms with Gasteiger partial charge in [0.1, 0.15) is 0 Å². The zero-order valence-corrected chi connectivity index (χ0v) is 6.88. The van der Waals surface area contributed by atoms with Crippen LogP contribution >= 0.6 is 0 Å². The first-order valence-corrected chi connectivity index (χ1v) is 4.25. The highest BCUT2D eigenvalue weighted by atomic mass is 15.3. The van der Waals surface area contributed by atoms with Crippen molar-refractivity contribution in [1.29, 1.82) is 0 Å². The van der Waals surface area contributed by atoms with Crippen molar-refractivity contribution in [3.05, 3.63) is 0 Å². The number of piperazine rings is 1. The molecule has 2 heteroatoms. The first-order valence-electron chi connectivity index (χ1n) is 4.25. The van der Waals surface area contributed by atoms with Crippen molar-refractivity contribution in [3.8, 4) is 0 Å². The molecule has 3 aliphatic rings. The minimum atomic E-state index is 0.888. The van der Waals surface area contributed by atoms with Crippen LogP contribution in [-0.2, 0) is 0 Å². The summed E-state index contributed by atoms with van der Waals surface area (Å²) in [5.74, 6) is 0. The number of nitrogens with zero attached hydrogens (tertiary/aromatic N) is 2. The topological polar surface area (TPSA) is 6.48 Å². The third-order valence-electron chi connectivity index (χ3n) is 3.08. The van der Waals surface area contributed by atoms with E-state index in [1.807, 2.05) is 0 Å². The Kier molecular flexibility index (Phi) is 1.46. The van der Waals surface area contributed by atoms with Crippen molar-refractivity contribution in [3.63, 3.8) is 0 Å². The van der Waals surface area contributed by atoms with Gasteiger partial charge >= 0.3 is 0 Å². The average Bonchev–Trinajstić information content (AvgIpc) is 2.04. The van der Waals surface area contributed by atoms with Gasteiger partial charge in [-0.3, -0.25) is 4.90 Å². The molecule has 0 saturated carbocycles. The summed E-state index contributed by atoms with van der Waals surface area (Å²) < 4.78 is 0. The second-order valence-corrected chi connectivity index (χ2v) is 3.56. The molecule has 2 unspecified atom stereocenters. The van der Waals surface area contributed by atoms with Crippen LogP contribution in [0, 0.1) is 0 Å². The van der Waals surface area contributed by atoms with E-state index >= 15 is 0 Å². The first-order chi connectivity index (χ1) is 4.81. The lowest BCUT2D eigenvalue weighted by molar-refractivity contribution is -0.0483. The third kappa shape index (κ3) is 0.789. The maximum Gasteiger partial charge on any atom is 0.0238 e. The Morgan fingerprint density at radius 3 is 2.30 bits per heavy atom. The van der Waals surface area contributed by atoms with E-state index < -0.39 is 0 Å². The molecule has 0 amide bonds. The first kappa shape index (κ1) is 6.62. The Morgan fingerprint density at radius 2 is 1.90 bits per heavy atom. The fraction of sp³-hybridized carbons (Fsp3) is 1.00. The predicted molar refractivity (Wildman–Crippen MR) is 42.1 cm³/mol. The number of piperidine rings is 1. The maximum absolute atomic E-state index is 2.55. The number of likely N-dealkylation sites (N-methyl/N-ethyl adjacent to an activating group) is 2. The molecule has 0 aromatic carbocycles. The Labute approximate surface area is 62.8 Å². The predicted octanol–water partition coefficient (Wildman–Crippen LogP) is 0.395. The van der Waals surface area contributed by atoms with Crippen LogP contribution in [0.3, 0.4) is 0 Å². The highest BCUT2D eigenvalue weighted by Crippen LogP contribution is 2.29. The zero-order valence-electron chi connectivity index (χ0n) is 6.88. The quantitative estimate of drug-likeness (QED) is 0.520. The maximum atomic E-state index is 2.55. The molecule has 0 aliphatic carbocycles. The Balaban J connectivity index is 1.93. The molecule has 0 N–H and O–H groups in total. The molecule has 3 heterocycles. The number of fused-ring (bicyclic) bond motifs is 2. The van der Waals surface area contributed by atoms with E-state index in [4.69, 9.17) is 0 Å². The SMILES string of the molecule is CCN1CC2CC(C1)N2C. The summed E-state index contributed by atoms with van der Waals surface area (Å²) in [7, 11) is 2.26. The van der Waals surface area contributed by atoms with Gasteiger partial charge in [0.2, 0.25) is 0 Å². The van der Waals surface area contributed by atoms with Crippen LogP contribution in [0.4, 0.5) is 0 Å². The third-order valence-corrected chi connectivity index (χ3v) is 3.08. The molecule has 3 rings (SSSR count). The Hall–Kier alpha value is -0.0800. The lowest BCUT2D eigenvalue weighted by Crippen LogP contribution is -2.66. The summed E-state index contributed by atoms with van der Waals surface area (Å²) in [6.45, 7) is 6.11. The van der Waals surface area contributed by atoms with Gasteiger partial charge in [0, 0.05) is 25.2 Å². The molecule has 2 nitrogen and oxygen atoms in total. The molecule has 58 valence electrons. The number of rotatable bonds is 1. The van der Waals surface area contributed by atoms with Gasteiger partial charge in [-0.05, 0) is 20.0 Å². The average molecular weight is 140 g/mol. The second-order valence-electron chi connectivity index (χ2n) is 3.56. The molecule has 2 bridgehead atoms. The van der Waals surface area contributed by atoms with E-state index in [0.29, 0.717) is 0 Å². The molecule has 0 aromatic heterocycles. The molecular formula is C8H16N2. The van der Waals surface area contributed by atoms with Crippen molar-refractivity contribution in [2.45, 2.75) is 25.4 Å². The smallest absolute Gasteiger partial charge is 0.0238 e. The highest BCUT2D eigenvalue weighted by molar-refractivity contribution is 4.98. The normalized spacial score (nSPS) is 41.4. The fourth-order valence-electron chi connectivity index (χ4n) is 2.14. The monoisotopic (exact) mass is 140 g/mol. The van der Waals surface area contributed by atoms with Crippen LogP contribution in [-0.4, -0.2) is 48.6 Å². The van der Waals surface area contributed by atoms with Crippen molar-refractivity contribution < 1.29 is 0 Å². The summed E-state index contributed by atoms with van der Waals surface area (Å²) in [5.41, 5.74) is 0. The van der Waals surface area contributed by atoms with Crippen LogP contribution < -0.4 is 0 Å². The number of hydrogen-bond acceptors (Lipinski definition) is 2. The lowest BCUT2D eigenvalue weighted by atomic mass is 9.88. The second kappa shape index (κ2) is 2.21. The van der Waals surface area contributed by atoms with E-state index in [-0.39, 0.29) is 0 Å². The van der Waals surface area contributed by atoms with Crippen molar-refractivity contribution >= 4 is 0 Å². The molecule has 10 heavy (non-hydrogen) atoms. The van der Waals surface area contributed by atoms with Gasteiger partial charge in [0.15, 0.2) is 0 Å². The summed E-state index contributed by atoms with van der Waals surface area (Å²) in [4.78, 5) is 5.07. The molecule has 0 radical (unpaired) electrons. The van der Waals surface area contributed by atoms with Crippen LogP contribution in [0.2, 0.25) is 0 Å². The largest absolute Gasteiger partial charge is 0.301 e. The van der Waals surface area contributed by atoms with Gasteiger partial charge in [-0.2, -0.15) is 0 Å². The summed E-state index contributed by atoms with van der Waals surface area (Å²) in [5, 5.41) is 0. The number of hydrogen-bond donors (Lipinski definition) is 0. The highest BCUT2D eigenvalue weighted by Gasteiger charge is 2.41. The summed E-state index contributed by atoms with van der Waals surface area (Å²) >= 11 is 0. The van der Waals surface area contributed by atoms with E-state index in [9.17, 15) is 0 Å². The van der Waals surface area contributed by atoms with Crippen LogP contribution in [0.25, 0.3) is 0 Å². The van der Waals surface area contributed by atoms with Crippen molar-refractivity contribution in [2.24, 2.45) is 0 Å². The van der Waals surface area contributed by atoms with Crippen LogP contribution in [0.15, 0.2) is 0 Å². The van der Waals surface area contributed by atoms with E-state index in [1.165, 1.54) is 26.1 Å². The van der Waals surface area contributed by atoms with Gasteiger partial charge in [0.05, 0.1) is 0 Å². The Bertz CT molecular complexity index is 123. The summed E-state index contributed by atoms with van der Waals surface area (Å²) in [6.07, 6.45) is 1.45. The zero-order chi connectivity index (χ0) is 7.14. The molecular weight excluding hydrogens is 124 g/mol. The molecule has 2 atom stereocenters. The lowest BCUT2D eigenvalue weighted by Gasteiger charge is -2.54. The fourth-order valence-corrected chi connectivity index (χ4v) is 2.14. The van der Waals surface area contributed by atoms with Crippen LogP contribution in [0.5, 0.6) is 0 Å². The molecule has 3 fully saturated rings. The van der Waals surface area contributed by atoms with Gasteiger partial charge in [-0.1, -0.05) is 6.92 Å². The molecule has 3 saturated heterocycles. The minimum Gasteiger partial charge on any atom is -0.301 e. The van der Waals surface area contributed by atoms with Gasteiger partial charge in [-0.25, -0.2) is 0 Å². The van der Waals surface area contributed by atoms with E-state index in [0.717, 1.165) is 12.1 Å². The van der Waals surface area contributed by atoms with Gasteiger partial charge in [0.25, 0.3) is 0 Å². The molecule has 0 aromatic rings. The minimum absolute atomic E-state index is 0.888.